The lowest BCUT2D eigenvalue weighted by Crippen LogP contribution is -2.53. The highest BCUT2D eigenvalue weighted by Crippen LogP contribution is 2.44. The zero-order valence-electron chi connectivity index (χ0n) is 19.1. The van der Waals surface area contributed by atoms with Gasteiger partial charge in [-0.1, -0.05) is 27.7 Å². The quantitative estimate of drug-likeness (QED) is 0.596. The number of piperidine rings is 1. The maximum atomic E-state index is 12.8. The lowest BCUT2D eigenvalue weighted by Gasteiger charge is -2.47. The van der Waals surface area contributed by atoms with Crippen molar-refractivity contribution in [2.45, 2.75) is 53.7 Å². The molecule has 0 radical (unpaired) electrons. The number of nitriles is 1. The summed E-state index contributed by atoms with van der Waals surface area (Å²) < 4.78 is 30.1. The fourth-order valence-corrected chi connectivity index (χ4v) is 5.33. The summed E-state index contributed by atoms with van der Waals surface area (Å²) in [7, 11) is 0. The molecule has 1 saturated heterocycles. The van der Waals surface area contributed by atoms with Crippen molar-refractivity contribution in [2.75, 3.05) is 13.1 Å². The van der Waals surface area contributed by atoms with Crippen LogP contribution in [0.3, 0.4) is 0 Å². The van der Waals surface area contributed by atoms with Gasteiger partial charge in [0.25, 0.3) is 0 Å². The largest absolute Gasteiger partial charge is 0.481 e. The molecule has 1 aliphatic rings. The van der Waals surface area contributed by atoms with Crippen molar-refractivity contribution < 1.29 is 23.4 Å². The first kappa shape index (κ1) is 25.0. The topological polar surface area (TPSA) is 99.3 Å². The van der Waals surface area contributed by atoms with Gasteiger partial charge in [0.1, 0.15) is 11.1 Å². The summed E-state index contributed by atoms with van der Waals surface area (Å²) in [5, 5.41) is 20.1. The van der Waals surface area contributed by atoms with Crippen LogP contribution in [0.1, 0.15) is 51.1 Å². The second-order valence-corrected chi connectivity index (χ2v) is 10.6. The maximum Gasteiger partial charge on any atom is 0.388 e. The third-order valence-electron chi connectivity index (χ3n) is 6.37. The molecule has 0 aliphatic carbocycles. The number of nitrogens with zero attached hydrogens (tertiary/aromatic N) is 4. The first-order chi connectivity index (χ1) is 15.5. The maximum absolute atomic E-state index is 12.8. The SMILES string of the molecule is CC[C@@]1(C(=O)O)C[C@@H](C(C)(C)C)CN(Cc2sc(-c3cccnc3OC(F)F)nc2C#N)C1. The number of alkyl halides is 2. The lowest BCUT2D eigenvalue weighted by molar-refractivity contribution is -0.156. The number of ether oxygens (including phenoxy) is 1. The third-order valence-corrected chi connectivity index (χ3v) is 7.44. The molecule has 7 nitrogen and oxygen atoms in total. The number of carboxylic acid groups (broad SMARTS) is 1. The Kier molecular flexibility index (Phi) is 7.34. The van der Waals surface area contributed by atoms with Gasteiger partial charge in [0, 0.05) is 25.8 Å². The highest BCUT2D eigenvalue weighted by atomic mass is 32.1. The van der Waals surface area contributed by atoms with Crippen molar-refractivity contribution in [1.82, 2.24) is 14.9 Å². The number of aromatic nitrogens is 2. The molecule has 3 heterocycles. The lowest BCUT2D eigenvalue weighted by atomic mass is 9.66. The van der Waals surface area contributed by atoms with Crippen LogP contribution in [0.2, 0.25) is 0 Å². The minimum Gasteiger partial charge on any atom is -0.481 e. The average Bonchev–Trinajstić information content (AvgIpc) is 3.15. The molecule has 1 aliphatic heterocycles. The predicted octanol–water partition coefficient (Wildman–Crippen LogP) is 5.03. The molecule has 0 saturated carbocycles. The summed E-state index contributed by atoms with van der Waals surface area (Å²) in [6.07, 6.45) is 2.45. The Bertz CT molecular complexity index is 1050. The van der Waals surface area contributed by atoms with E-state index in [4.69, 9.17) is 0 Å². The zero-order chi connectivity index (χ0) is 24.4. The molecule has 0 aromatic carbocycles. The molecule has 0 bridgehead atoms. The van der Waals surface area contributed by atoms with Gasteiger partial charge in [0.2, 0.25) is 5.88 Å². The molecule has 10 heteroatoms. The van der Waals surface area contributed by atoms with Crippen LogP contribution in [0.25, 0.3) is 10.6 Å². The average molecular weight is 479 g/mol. The van der Waals surface area contributed by atoms with Crippen LogP contribution in [0, 0.1) is 28.1 Å². The highest BCUT2D eigenvalue weighted by Gasteiger charge is 2.47. The Hall–Kier alpha value is -2.64. The summed E-state index contributed by atoms with van der Waals surface area (Å²) in [5.74, 6) is -0.901. The fraction of sp³-hybridized carbons (Fsp3) is 0.565. The second kappa shape index (κ2) is 9.69. The first-order valence-electron chi connectivity index (χ1n) is 10.7. The van der Waals surface area contributed by atoms with E-state index in [1.165, 1.54) is 17.5 Å². The Morgan fingerprint density at radius 1 is 1.48 bits per heavy atom. The van der Waals surface area contributed by atoms with Gasteiger partial charge in [-0.15, -0.1) is 11.3 Å². The number of halogens is 2. The van der Waals surface area contributed by atoms with Crippen LogP contribution in [0.5, 0.6) is 5.88 Å². The summed E-state index contributed by atoms with van der Waals surface area (Å²) >= 11 is 1.21. The van der Waals surface area contributed by atoms with Crippen molar-refractivity contribution in [3.63, 3.8) is 0 Å². The van der Waals surface area contributed by atoms with E-state index >= 15 is 0 Å². The van der Waals surface area contributed by atoms with Gasteiger partial charge in [-0.25, -0.2) is 9.97 Å². The minimum absolute atomic E-state index is 0.0807. The van der Waals surface area contributed by atoms with Crippen LogP contribution in [-0.2, 0) is 11.3 Å². The van der Waals surface area contributed by atoms with Crippen molar-refractivity contribution in [1.29, 1.82) is 5.26 Å². The number of pyridine rings is 1. The van der Waals surface area contributed by atoms with E-state index in [1.807, 2.05) is 6.92 Å². The Balaban J connectivity index is 1.94. The molecule has 2 atom stereocenters. The number of hydrogen-bond acceptors (Lipinski definition) is 7. The van der Waals surface area contributed by atoms with Crippen molar-refractivity contribution in [2.24, 2.45) is 16.7 Å². The van der Waals surface area contributed by atoms with Gasteiger partial charge in [-0.05, 0) is 36.3 Å². The van der Waals surface area contributed by atoms with E-state index in [2.05, 4.69) is 46.4 Å². The minimum atomic E-state index is -3.03. The van der Waals surface area contributed by atoms with Gasteiger partial charge in [-0.3, -0.25) is 9.69 Å². The standard InChI is InChI=1S/C23H28F2N4O3S/c1-5-23(20(30)31)9-14(22(2,3)4)11-29(13-23)12-17-16(10-26)28-19(33-17)15-7-6-8-27-18(15)32-21(24)25/h6-8,14,21H,5,9,11-13H2,1-4H3,(H,30,31)/t14-,23-/m1/s1. The van der Waals surface area contributed by atoms with Crippen LogP contribution in [0.4, 0.5) is 8.78 Å². The van der Waals surface area contributed by atoms with Crippen molar-refractivity contribution in [3.05, 3.63) is 28.9 Å². The molecular weight excluding hydrogens is 450 g/mol. The van der Waals surface area contributed by atoms with Gasteiger partial charge in [0.15, 0.2) is 5.69 Å². The molecule has 1 fully saturated rings. The monoisotopic (exact) mass is 478 g/mol. The number of rotatable bonds is 7. The molecule has 178 valence electrons. The molecule has 0 amide bonds. The third kappa shape index (κ3) is 5.47. The summed E-state index contributed by atoms with van der Waals surface area (Å²) in [4.78, 5) is 23.2. The van der Waals surface area contributed by atoms with E-state index in [0.29, 0.717) is 42.4 Å². The fourth-order valence-electron chi connectivity index (χ4n) is 4.26. The molecule has 3 rings (SSSR count). The molecule has 33 heavy (non-hydrogen) atoms. The normalized spacial score (nSPS) is 21.7. The van der Waals surface area contributed by atoms with Gasteiger partial charge < -0.3 is 9.84 Å². The Morgan fingerprint density at radius 2 is 2.21 bits per heavy atom. The number of carboxylic acids is 1. The zero-order valence-corrected chi connectivity index (χ0v) is 20.0. The highest BCUT2D eigenvalue weighted by molar-refractivity contribution is 7.15. The van der Waals surface area contributed by atoms with Crippen LogP contribution in [0.15, 0.2) is 18.3 Å². The molecular formula is C23H28F2N4O3S. The van der Waals surface area contributed by atoms with Crippen LogP contribution in [-0.4, -0.2) is 45.6 Å². The molecule has 2 aromatic heterocycles. The molecule has 0 spiro atoms. The molecule has 0 unspecified atom stereocenters. The van der Waals surface area contributed by atoms with Crippen molar-refractivity contribution in [3.8, 4) is 22.5 Å². The number of carbonyl (C=O) groups is 1. The van der Waals surface area contributed by atoms with Crippen molar-refractivity contribution >= 4 is 17.3 Å². The summed E-state index contributed by atoms with van der Waals surface area (Å²) in [6.45, 7) is 6.63. The summed E-state index contributed by atoms with van der Waals surface area (Å²) in [6, 6.07) is 5.23. The van der Waals surface area contributed by atoms with E-state index < -0.39 is 18.0 Å². The van der Waals surface area contributed by atoms with Crippen LogP contribution >= 0.6 is 11.3 Å². The van der Waals surface area contributed by atoms with Crippen LogP contribution < -0.4 is 4.74 Å². The van der Waals surface area contributed by atoms with E-state index in [1.54, 1.807) is 12.1 Å². The second-order valence-electron chi connectivity index (χ2n) is 9.51. The number of likely N-dealkylation sites (tertiary alicyclic amines) is 1. The Morgan fingerprint density at radius 3 is 2.79 bits per heavy atom. The number of thiazole rings is 1. The Labute approximate surface area is 196 Å². The predicted molar refractivity (Wildman–Crippen MR) is 120 cm³/mol. The van der Waals surface area contributed by atoms with E-state index in [9.17, 15) is 23.9 Å². The number of hydrogen-bond donors (Lipinski definition) is 1. The van der Waals surface area contributed by atoms with E-state index in [0.717, 1.165) is 0 Å². The van der Waals surface area contributed by atoms with E-state index in [-0.39, 0.29) is 28.5 Å². The summed E-state index contributed by atoms with van der Waals surface area (Å²) in [5.41, 5.74) is -0.469. The van der Waals surface area contributed by atoms with Gasteiger partial charge >= 0.3 is 12.6 Å². The first-order valence-corrected chi connectivity index (χ1v) is 11.6. The molecule has 2 aromatic rings. The molecule has 1 N–H and O–H groups in total. The smallest absolute Gasteiger partial charge is 0.388 e. The van der Waals surface area contributed by atoms with Gasteiger partial charge in [0.05, 0.1) is 15.9 Å². The van der Waals surface area contributed by atoms with Gasteiger partial charge in [-0.2, -0.15) is 14.0 Å². The number of aliphatic carboxylic acids is 1.